The lowest BCUT2D eigenvalue weighted by molar-refractivity contribution is -0.141. The fraction of sp³-hybridized carbons (Fsp3) is 0.250. The Kier molecular flexibility index (Phi) is 6.85. The summed E-state index contributed by atoms with van der Waals surface area (Å²) in [4.78, 5) is 25.8. The summed E-state index contributed by atoms with van der Waals surface area (Å²) in [6.45, 7) is 0. The molecule has 0 saturated carbocycles. The van der Waals surface area contributed by atoms with Crippen molar-refractivity contribution in [2.45, 2.75) is 12.6 Å². The number of carbonyl (C=O) groups is 1. The molecule has 1 aromatic carbocycles. The van der Waals surface area contributed by atoms with E-state index in [1.165, 1.54) is 12.3 Å². The molecule has 1 heterocycles. The Labute approximate surface area is 167 Å². The molecule has 0 aliphatic heterocycles. The zero-order chi connectivity index (χ0) is 19.5. The van der Waals surface area contributed by atoms with E-state index in [0.717, 1.165) is 0 Å². The van der Waals surface area contributed by atoms with Crippen LogP contribution in [0.5, 0.6) is 5.75 Å². The average Bonchev–Trinajstić information content (AvgIpc) is 2.53. The number of carboxylic acid groups (broad SMARTS) is 1. The van der Waals surface area contributed by atoms with Crippen molar-refractivity contribution in [3.8, 4) is 5.75 Å². The van der Waals surface area contributed by atoms with Gasteiger partial charge in [-0.25, -0.2) is 4.98 Å². The molecule has 0 aliphatic carbocycles. The van der Waals surface area contributed by atoms with Gasteiger partial charge in [0, 0.05) is 22.4 Å². The standard InChI is InChI=1S/C16H17Br2N2O5P/c17-12-4-10(15(21)13(18)5-12)7-26(24,25)8-11(16(22)23)3-9-1-2-14(19)20-6-9/h1-2,4-6,11,21H,3,7-8H2,(H2,19,20)(H,22,23)(H,24,25). The number of nitrogens with zero attached hydrogens (tertiary/aromatic N) is 1. The van der Waals surface area contributed by atoms with E-state index in [2.05, 4.69) is 36.8 Å². The summed E-state index contributed by atoms with van der Waals surface area (Å²) in [5.74, 6) is -2.06. The third-order valence-corrected chi connectivity index (χ3v) is 6.62. The molecule has 2 rings (SSSR count). The largest absolute Gasteiger partial charge is 0.506 e. The molecule has 7 nitrogen and oxygen atoms in total. The van der Waals surface area contributed by atoms with Crippen molar-refractivity contribution in [3.63, 3.8) is 0 Å². The molecule has 140 valence electrons. The van der Waals surface area contributed by atoms with Gasteiger partial charge in [0.1, 0.15) is 11.6 Å². The number of rotatable bonds is 7. The van der Waals surface area contributed by atoms with E-state index in [1.54, 1.807) is 18.2 Å². The van der Waals surface area contributed by atoms with Crippen molar-refractivity contribution >= 4 is 51.0 Å². The Morgan fingerprint density at radius 1 is 1.31 bits per heavy atom. The Bertz CT molecular complexity index is 860. The molecular weight excluding hydrogens is 491 g/mol. The number of phenolic OH excluding ortho intramolecular Hbond substituents is 1. The third-order valence-electron chi connectivity index (χ3n) is 3.71. The number of nitrogens with two attached hydrogens (primary N) is 1. The number of aromatic hydroxyl groups is 1. The lowest BCUT2D eigenvalue weighted by atomic mass is 10.0. The lowest BCUT2D eigenvalue weighted by Crippen LogP contribution is -2.21. The van der Waals surface area contributed by atoms with Crippen molar-refractivity contribution in [2.24, 2.45) is 5.92 Å². The summed E-state index contributed by atoms with van der Waals surface area (Å²) < 4.78 is 13.6. The summed E-state index contributed by atoms with van der Waals surface area (Å²) in [7, 11) is -3.87. The quantitative estimate of drug-likeness (QED) is 0.420. The number of carboxylic acids is 1. The fourth-order valence-corrected chi connectivity index (χ4v) is 5.68. The summed E-state index contributed by atoms with van der Waals surface area (Å²) in [5.41, 5.74) is 6.37. The van der Waals surface area contributed by atoms with Crippen LogP contribution in [0.3, 0.4) is 0 Å². The number of aliphatic carboxylic acids is 1. The van der Waals surface area contributed by atoms with Crippen LogP contribution >= 0.6 is 39.2 Å². The van der Waals surface area contributed by atoms with Crippen LogP contribution in [0.2, 0.25) is 0 Å². The molecular formula is C16H17Br2N2O5P. The minimum absolute atomic E-state index is 0.0569. The first kappa shape index (κ1) is 20.9. The number of anilines is 1. The average molecular weight is 508 g/mol. The highest BCUT2D eigenvalue weighted by atomic mass is 79.9. The SMILES string of the molecule is Nc1ccc(CC(CP(=O)(O)Cc2cc(Br)cc(Br)c2O)C(=O)O)cn1. The van der Waals surface area contributed by atoms with E-state index in [0.29, 0.717) is 20.3 Å². The van der Waals surface area contributed by atoms with Gasteiger partial charge in [-0.05, 0) is 46.1 Å². The van der Waals surface area contributed by atoms with Gasteiger partial charge >= 0.3 is 5.97 Å². The number of pyridine rings is 1. The van der Waals surface area contributed by atoms with E-state index in [9.17, 15) is 24.5 Å². The van der Waals surface area contributed by atoms with Gasteiger partial charge in [0.2, 0.25) is 7.37 Å². The lowest BCUT2D eigenvalue weighted by Gasteiger charge is -2.18. The molecule has 0 spiro atoms. The van der Waals surface area contributed by atoms with Crippen LogP contribution in [0.1, 0.15) is 11.1 Å². The Hall–Kier alpha value is -1.41. The molecule has 5 N–H and O–H groups in total. The zero-order valence-corrected chi connectivity index (χ0v) is 17.5. The minimum atomic E-state index is -3.87. The van der Waals surface area contributed by atoms with Gasteiger partial charge in [0.25, 0.3) is 0 Å². The Balaban J connectivity index is 2.17. The normalized spacial score (nSPS) is 14.6. The van der Waals surface area contributed by atoms with Crippen LogP contribution in [-0.4, -0.2) is 32.2 Å². The van der Waals surface area contributed by atoms with Crippen LogP contribution in [0.4, 0.5) is 5.82 Å². The molecule has 1 aromatic heterocycles. The summed E-state index contributed by atoms with van der Waals surface area (Å²) >= 11 is 6.42. The predicted octanol–water partition coefficient (Wildman–Crippen LogP) is 3.61. The highest BCUT2D eigenvalue weighted by molar-refractivity contribution is 9.11. The Morgan fingerprint density at radius 3 is 2.58 bits per heavy atom. The topological polar surface area (TPSA) is 134 Å². The van der Waals surface area contributed by atoms with Crippen LogP contribution in [0.25, 0.3) is 0 Å². The first-order chi connectivity index (χ1) is 12.1. The molecule has 0 amide bonds. The highest BCUT2D eigenvalue weighted by Crippen LogP contribution is 2.49. The van der Waals surface area contributed by atoms with Crippen LogP contribution in [-0.2, 0) is 21.9 Å². The Morgan fingerprint density at radius 2 is 2.00 bits per heavy atom. The van der Waals surface area contributed by atoms with E-state index in [4.69, 9.17) is 5.73 Å². The molecule has 0 fully saturated rings. The number of nitrogen functional groups attached to an aromatic ring is 1. The molecule has 0 saturated heterocycles. The van der Waals surface area contributed by atoms with Crippen LogP contribution in [0.15, 0.2) is 39.4 Å². The number of hydrogen-bond acceptors (Lipinski definition) is 5. The molecule has 10 heteroatoms. The number of halogens is 2. The van der Waals surface area contributed by atoms with Crippen LogP contribution < -0.4 is 5.73 Å². The van der Waals surface area contributed by atoms with E-state index in [-0.39, 0.29) is 23.9 Å². The third kappa shape index (κ3) is 5.81. The summed E-state index contributed by atoms with van der Waals surface area (Å²) in [6, 6.07) is 6.32. The van der Waals surface area contributed by atoms with Gasteiger partial charge in [-0.3, -0.25) is 9.36 Å². The van der Waals surface area contributed by atoms with Gasteiger partial charge in [0.05, 0.1) is 16.6 Å². The second-order valence-corrected chi connectivity index (χ2v) is 10.1. The van der Waals surface area contributed by atoms with Gasteiger partial charge in [-0.2, -0.15) is 0 Å². The van der Waals surface area contributed by atoms with E-state index in [1.807, 2.05) is 0 Å². The highest BCUT2D eigenvalue weighted by Gasteiger charge is 2.30. The van der Waals surface area contributed by atoms with Crippen molar-refractivity contribution in [1.82, 2.24) is 4.98 Å². The first-order valence-electron chi connectivity index (χ1n) is 7.48. The smallest absolute Gasteiger partial charge is 0.307 e. The molecule has 0 bridgehead atoms. The van der Waals surface area contributed by atoms with Gasteiger partial charge in [-0.1, -0.05) is 22.0 Å². The van der Waals surface area contributed by atoms with Gasteiger partial charge in [-0.15, -0.1) is 0 Å². The maximum absolute atomic E-state index is 12.6. The van der Waals surface area contributed by atoms with E-state index >= 15 is 0 Å². The molecule has 2 atom stereocenters. The number of benzene rings is 1. The second-order valence-electron chi connectivity index (χ2n) is 5.91. The molecule has 0 radical (unpaired) electrons. The number of phenols is 1. The van der Waals surface area contributed by atoms with Crippen LogP contribution in [0, 0.1) is 5.92 Å². The van der Waals surface area contributed by atoms with Gasteiger partial charge in [0.15, 0.2) is 0 Å². The van der Waals surface area contributed by atoms with Crippen molar-refractivity contribution < 1.29 is 24.5 Å². The molecule has 2 aromatic rings. The van der Waals surface area contributed by atoms with Gasteiger partial charge < -0.3 is 20.8 Å². The fourth-order valence-electron chi connectivity index (χ4n) is 2.49. The molecule has 2 unspecified atom stereocenters. The summed E-state index contributed by atoms with van der Waals surface area (Å²) in [6.07, 6.45) is 0.753. The maximum Gasteiger partial charge on any atom is 0.307 e. The zero-order valence-electron chi connectivity index (χ0n) is 13.5. The minimum Gasteiger partial charge on any atom is -0.506 e. The summed E-state index contributed by atoms with van der Waals surface area (Å²) in [5, 5.41) is 19.5. The van der Waals surface area contributed by atoms with E-state index < -0.39 is 25.4 Å². The van der Waals surface area contributed by atoms with Crippen molar-refractivity contribution in [1.29, 1.82) is 0 Å². The predicted molar refractivity (Wildman–Crippen MR) is 105 cm³/mol. The first-order valence-corrected chi connectivity index (χ1v) is 11.1. The second kappa shape index (κ2) is 8.52. The monoisotopic (exact) mass is 506 g/mol. The molecule has 26 heavy (non-hydrogen) atoms. The number of aromatic nitrogens is 1. The maximum atomic E-state index is 12.6. The molecule has 0 aliphatic rings. The number of hydrogen-bond donors (Lipinski definition) is 4. The van der Waals surface area contributed by atoms with Crippen molar-refractivity contribution in [3.05, 3.63) is 50.5 Å². The van der Waals surface area contributed by atoms with Crippen molar-refractivity contribution in [2.75, 3.05) is 11.9 Å².